The van der Waals surface area contributed by atoms with Gasteiger partial charge in [-0.15, -0.1) is 11.8 Å². The number of fused-ring (bicyclic) bond motifs is 1. The summed E-state index contributed by atoms with van der Waals surface area (Å²) in [6, 6.07) is 7.21. The lowest BCUT2D eigenvalue weighted by atomic mass is 9.97. The van der Waals surface area contributed by atoms with Crippen molar-refractivity contribution in [1.29, 1.82) is 0 Å². The number of rotatable bonds is 3. The number of aromatic nitrogens is 1. The van der Waals surface area contributed by atoms with Crippen LogP contribution in [0.1, 0.15) is 54.0 Å². The zero-order valence-corrected chi connectivity index (χ0v) is 14.3. The highest BCUT2D eigenvalue weighted by Gasteiger charge is 2.34. The first-order valence-electron chi connectivity index (χ1n) is 8.20. The quantitative estimate of drug-likeness (QED) is 0.831. The molecule has 23 heavy (non-hydrogen) atoms. The van der Waals surface area contributed by atoms with Crippen molar-refractivity contribution in [3.8, 4) is 0 Å². The largest absolute Gasteiger partial charge is 0.299 e. The molecule has 1 atom stereocenters. The third kappa shape index (κ3) is 2.63. The lowest BCUT2D eigenvalue weighted by Crippen LogP contribution is -2.23. The summed E-state index contributed by atoms with van der Waals surface area (Å²) in [4.78, 5) is 12.5. The zero-order valence-electron chi connectivity index (χ0n) is 13.4. The van der Waals surface area contributed by atoms with Crippen LogP contribution < -0.4 is 5.56 Å². The van der Waals surface area contributed by atoms with Gasteiger partial charge in [0.15, 0.2) is 0 Å². The molecule has 0 saturated heterocycles. The van der Waals surface area contributed by atoms with Crippen LogP contribution >= 0.6 is 11.8 Å². The number of nitrogens with zero attached hydrogens (tertiary/aromatic N) is 1. The minimum Gasteiger partial charge on any atom is -0.299 e. The number of hydrogen-bond donors (Lipinski definition) is 0. The van der Waals surface area contributed by atoms with Gasteiger partial charge in [-0.05, 0) is 55.4 Å². The monoisotopic (exact) mass is 329 g/mol. The Hall–Kier alpha value is -1.55. The first-order valence-corrected chi connectivity index (χ1v) is 9.19. The van der Waals surface area contributed by atoms with Gasteiger partial charge in [0.05, 0.1) is 5.03 Å². The molecule has 1 aromatic heterocycles. The van der Waals surface area contributed by atoms with Crippen molar-refractivity contribution in [2.45, 2.75) is 50.1 Å². The average molecular weight is 329 g/mol. The molecular formula is C19H20FNOS. The fourth-order valence-corrected chi connectivity index (χ4v) is 4.91. The molecule has 0 spiro atoms. The van der Waals surface area contributed by atoms with Crippen LogP contribution in [0.25, 0.3) is 0 Å². The SMILES string of the molecule is Cc1ccc(F)c(Cc2cc(=O)n3c(c2C2CC2)SCC3C)c1. The highest BCUT2D eigenvalue weighted by atomic mass is 32.2. The molecule has 0 N–H and O–H groups in total. The Balaban J connectivity index is 1.84. The van der Waals surface area contributed by atoms with E-state index >= 15 is 0 Å². The van der Waals surface area contributed by atoms with Gasteiger partial charge in [-0.1, -0.05) is 17.7 Å². The second-order valence-electron chi connectivity index (χ2n) is 6.80. The van der Waals surface area contributed by atoms with Gasteiger partial charge in [0.25, 0.3) is 5.56 Å². The molecule has 120 valence electrons. The highest BCUT2D eigenvalue weighted by molar-refractivity contribution is 7.99. The summed E-state index contributed by atoms with van der Waals surface area (Å²) in [6.45, 7) is 4.07. The number of thioether (sulfide) groups is 1. The molecule has 4 rings (SSSR count). The molecule has 0 bridgehead atoms. The Kier molecular flexibility index (Phi) is 3.60. The fraction of sp³-hybridized carbons (Fsp3) is 0.421. The van der Waals surface area contributed by atoms with Crippen LogP contribution in [0.2, 0.25) is 0 Å². The van der Waals surface area contributed by atoms with Crippen LogP contribution in [0.4, 0.5) is 4.39 Å². The topological polar surface area (TPSA) is 22.0 Å². The molecule has 1 aliphatic heterocycles. The summed E-state index contributed by atoms with van der Waals surface area (Å²) in [5.74, 6) is 1.33. The number of benzene rings is 1. The van der Waals surface area contributed by atoms with Gasteiger partial charge in [0.2, 0.25) is 0 Å². The van der Waals surface area contributed by atoms with Crippen molar-refractivity contribution in [2.75, 3.05) is 5.75 Å². The Labute approximate surface area is 139 Å². The molecule has 2 aromatic rings. The molecule has 2 aliphatic rings. The minimum absolute atomic E-state index is 0.0601. The number of aryl methyl sites for hydroxylation is 1. The van der Waals surface area contributed by atoms with Crippen LogP contribution in [0.3, 0.4) is 0 Å². The highest BCUT2D eigenvalue weighted by Crippen LogP contribution is 2.48. The average Bonchev–Trinajstić information content (AvgIpc) is 3.26. The number of hydrogen-bond acceptors (Lipinski definition) is 2. The van der Waals surface area contributed by atoms with Gasteiger partial charge < -0.3 is 0 Å². The van der Waals surface area contributed by atoms with E-state index in [-0.39, 0.29) is 17.4 Å². The van der Waals surface area contributed by atoms with Crippen molar-refractivity contribution in [3.63, 3.8) is 0 Å². The summed E-state index contributed by atoms with van der Waals surface area (Å²) in [7, 11) is 0. The summed E-state index contributed by atoms with van der Waals surface area (Å²) < 4.78 is 16.1. The third-order valence-electron chi connectivity index (χ3n) is 4.80. The van der Waals surface area contributed by atoms with Crippen molar-refractivity contribution in [1.82, 2.24) is 4.57 Å². The molecule has 1 fully saturated rings. The molecule has 0 radical (unpaired) electrons. The minimum atomic E-state index is -0.182. The Morgan fingerprint density at radius 1 is 1.26 bits per heavy atom. The first-order chi connectivity index (χ1) is 11.0. The van der Waals surface area contributed by atoms with Gasteiger partial charge in [0.1, 0.15) is 5.82 Å². The van der Waals surface area contributed by atoms with E-state index in [1.165, 1.54) is 24.5 Å². The maximum absolute atomic E-state index is 14.2. The van der Waals surface area contributed by atoms with E-state index in [1.54, 1.807) is 23.9 Å². The summed E-state index contributed by atoms with van der Waals surface area (Å²) >= 11 is 1.79. The number of pyridine rings is 1. The van der Waals surface area contributed by atoms with Gasteiger partial charge in [-0.2, -0.15) is 0 Å². The van der Waals surface area contributed by atoms with Crippen LogP contribution in [0.15, 0.2) is 34.1 Å². The Morgan fingerprint density at radius 3 is 2.78 bits per heavy atom. The first kappa shape index (κ1) is 15.0. The molecule has 1 unspecified atom stereocenters. The van der Waals surface area contributed by atoms with Crippen LogP contribution in [-0.4, -0.2) is 10.3 Å². The molecule has 4 heteroatoms. The van der Waals surface area contributed by atoms with Gasteiger partial charge in [0, 0.05) is 24.3 Å². The van der Waals surface area contributed by atoms with Crippen LogP contribution in [0.5, 0.6) is 0 Å². The van der Waals surface area contributed by atoms with Crippen molar-refractivity contribution >= 4 is 11.8 Å². The van der Waals surface area contributed by atoms with E-state index in [9.17, 15) is 9.18 Å². The van der Waals surface area contributed by atoms with Gasteiger partial charge >= 0.3 is 0 Å². The maximum atomic E-state index is 14.2. The van der Waals surface area contributed by atoms with Crippen molar-refractivity contribution in [3.05, 3.63) is 62.7 Å². The lowest BCUT2D eigenvalue weighted by molar-refractivity contribution is 0.553. The number of halogens is 1. The summed E-state index contributed by atoms with van der Waals surface area (Å²) in [5, 5.41) is 1.13. The van der Waals surface area contributed by atoms with Crippen molar-refractivity contribution in [2.24, 2.45) is 0 Å². The predicted molar refractivity (Wildman–Crippen MR) is 92.1 cm³/mol. The van der Waals surface area contributed by atoms with E-state index in [0.29, 0.717) is 17.9 Å². The van der Waals surface area contributed by atoms with E-state index in [0.717, 1.165) is 21.9 Å². The Bertz CT molecular complexity index is 838. The molecular weight excluding hydrogens is 309 g/mol. The summed E-state index contributed by atoms with van der Waals surface area (Å²) in [6.07, 6.45) is 2.88. The predicted octanol–water partition coefficient (Wildman–Crippen LogP) is 4.43. The lowest BCUT2D eigenvalue weighted by Gasteiger charge is -2.16. The normalized spacial score (nSPS) is 19.9. The Morgan fingerprint density at radius 2 is 2.04 bits per heavy atom. The fourth-order valence-electron chi connectivity index (χ4n) is 3.50. The molecule has 2 heterocycles. The summed E-state index contributed by atoms with van der Waals surface area (Å²) in [5.41, 5.74) is 4.13. The van der Waals surface area contributed by atoms with E-state index < -0.39 is 0 Å². The third-order valence-corrected chi connectivity index (χ3v) is 6.14. The van der Waals surface area contributed by atoms with E-state index in [1.807, 2.05) is 17.6 Å². The molecule has 1 aromatic carbocycles. The molecule has 0 amide bonds. The maximum Gasteiger partial charge on any atom is 0.251 e. The second-order valence-corrected chi connectivity index (χ2v) is 7.81. The molecule has 1 saturated carbocycles. The van der Waals surface area contributed by atoms with Crippen molar-refractivity contribution < 1.29 is 4.39 Å². The van der Waals surface area contributed by atoms with Crippen LogP contribution in [-0.2, 0) is 6.42 Å². The van der Waals surface area contributed by atoms with Crippen LogP contribution in [0, 0.1) is 12.7 Å². The van der Waals surface area contributed by atoms with E-state index in [2.05, 4.69) is 6.92 Å². The van der Waals surface area contributed by atoms with E-state index in [4.69, 9.17) is 0 Å². The smallest absolute Gasteiger partial charge is 0.251 e. The van der Waals surface area contributed by atoms with Gasteiger partial charge in [-0.3, -0.25) is 9.36 Å². The zero-order chi connectivity index (χ0) is 16.1. The molecule has 1 aliphatic carbocycles. The standard InChI is InChI=1S/C19H20FNOS/c1-11-3-6-16(20)14(7-11)8-15-9-17(22)21-12(2)10-23-19(21)18(15)13-4-5-13/h3,6-7,9,12-13H,4-5,8,10H2,1-2H3. The molecule has 2 nitrogen and oxygen atoms in total. The second kappa shape index (κ2) is 5.52. The van der Waals surface area contributed by atoms with Gasteiger partial charge in [-0.25, -0.2) is 4.39 Å².